The van der Waals surface area contributed by atoms with Crippen LogP contribution in [0.1, 0.15) is 35.8 Å². The predicted molar refractivity (Wildman–Crippen MR) is 87.2 cm³/mol. The van der Waals surface area contributed by atoms with Crippen LogP contribution in [-0.2, 0) is 0 Å². The molecule has 5 heteroatoms. The largest absolute Gasteiger partial charge is 0.307 e. The van der Waals surface area contributed by atoms with E-state index in [2.05, 4.69) is 9.97 Å². The molecule has 0 aliphatic heterocycles. The van der Waals surface area contributed by atoms with Crippen LogP contribution >= 0.6 is 0 Å². The topological polar surface area (TPSA) is 62.8 Å². The summed E-state index contributed by atoms with van der Waals surface area (Å²) in [6.45, 7) is 3.85. The van der Waals surface area contributed by atoms with Gasteiger partial charge in [-0.1, -0.05) is 26.0 Å². The van der Waals surface area contributed by atoms with Crippen LogP contribution in [-0.4, -0.2) is 16.3 Å². The molecule has 0 radical (unpaired) electrons. The lowest BCUT2D eigenvalue weighted by Crippen LogP contribution is -2.09. The number of halogens is 1. The van der Waals surface area contributed by atoms with Gasteiger partial charge in [-0.25, -0.2) is 9.37 Å². The summed E-state index contributed by atoms with van der Waals surface area (Å²) in [7, 11) is 0. The molecule has 3 rings (SSSR count). The minimum absolute atomic E-state index is 0.00232. The zero-order valence-electron chi connectivity index (χ0n) is 12.8. The highest BCUT2D eigenvalue weighted by Crippen LogP contribution is 2.33. The van der Waals surface area contributed by atoms with Gasteiger partial charge in [0.05, 0.1) is 5.69 Å². The van der Waals surface area contributed by atoms with E-state index in [1.165, 1.54) is 18.2 Å². The number of H-pyrrole nitrogens is 1. The Kier molecular flexibility index (Phi) is 3.78. The lowest BCUT2D eigenvalue weighted by molar-refractivity contribution is 0.112. The molecule has 0 aliphatic rings. The molecule has 0 bridgehead atoms. The minimum atomic E-state index is -0.350. The van der Waals surface area contributed by atoms with Crippen LogP contribution in [0.2, 0.25) is 0 Å². The van der Waals surface area contributed by atoms with Crippen LogP contribution in [0.4, 0.5) is 4.39 Å². The summed E-state index contributed by atoms with van der Waals surface area (Å²) in [5, 5.41) is 0.655. The van der Waals surface area contributed by atoms with Crippen LogP contribution in [0.3, 0.4) is 0 Å². The summed E-state index contributed by atoms with van der Waals surface area (Å²) >= 11 is 0. The van der Waals surface area contributed by atoms with Crippen LogP contribution < -0.4 is 5.56 Å². The van der Waals surface area contributed by atoms with Gasteiger partial charge in [0.25, 0.3) is 0 Å². The van der Waals surface area contributed by atoms with Gasteiger partial charge >= 0.3 is 0 Å². The molecule has 2 aromatic heterocycles. The Balaban J connectivity index is 2.47. The highest BCUT2D eigenvalue weighted by atomic mass is 19.1. The van der Waals surface area contributed by atoms with Crippen molar-refractivity contribution in [1.82, 2.24) is 9.97 Å². The van der Waals surface area contributed by atoms with Crippen LogP contribution in [0.15, 0.2) is 41.2 Å². The van der Waals surface area contributed by atoms with Crippen molar-refractivity contribution in [2.24, 2.45) is 0 Å². The quantitative estimate of drug-likeness (QED) is 0.751. The predicted octanol–water partition coefficient (Wildman–Crippen LogP) is 3.67. The van der Waals surface area contributed by atoms with Crippen molar-refractivity contribution in [3.8, 4) is 11.1 Å². The number of fused-ring (bicyclic) bond motifs is 1. The average molecular weight is 310 g/mol. The zero-order chi connectivity index (χ0) is 16.6. The van der Waals surface area contributed by atoms with E-state index in [4.69, 9.17) is 0 Å². The zero-order valence-corrected chi connectivity index (χ0v) is 12.8. The fourth-order valence-corrected chi connectivity index (χ4v) is 2.69. The van der Waals surface area contributed by atoms with Gasteiger partial charge in [0, 0.05) is 22.6 Å². The molecule has 1 N–H and O–H groups in total. The summed E-state index contributed by atoms with van der Waals surface area (Å²) < 4.78 is 13.2. The summed E-state index contributed by atoms with van der Waals surface area (Å²) in [4.78, 5) is 30.5. The SMILES string of the molecule is CC(C)c1nc2[nH]c(=O)ccc2c(-c2ccc(F)cc2)c1C=O. The first-order valence-electron chi connectivity index (χ1n) is 7.29. The Morgan fingerprint density at radius 3 is 2.43 bits per heavy atom. The molecule has 0 saturated heterocycles. The lowest BCUT2D eigenvalue weighted by Gasteiger charge is -2.15. The first-order chi connectivity index (χ1) is 11.0. The normalized spacial score (nSPS) is 11.1. The van der Waals surface area contributed by atoms with Crippen molar-refractivity contribution in [1.29, 1.82) is 0 Å². The third kappa shape index (κ3) is 2.65. The molecule has 0 saturated carbocycles. The van der Waals surface area contributed by atoms with Gasteiger partial charge < -0.3 is 4.98 Å². The average Bonchev–Trinajstić information content (AvgIpc) is 2.53. The molecule has 23 heavy (non-hydrogen) atoms. The van der Waals surface area contributed by atoms with E-state index >= 15 is 0 Å². The lowest BCUT2D eigenvalue weighted by atomic mass is 9.92. The molecule has 4 nitrogen and oxygen atoms in total. The second-order valence-electron chi connectivity index (χ2n) is 5.65. The summed E-state index contributed by atoms with van der Waals surface area (Å²) in [5.74, 6) is -0.347. The van der Waals surface area contributed by atoms with E-state index in [0.29, 0.717) is 33.4 Å². The number of benzene rings is 1. The molecule has 0 fully saturated rings. The summed E-state index contributed by atoms with van der Waals surface area (Å²) in [5.41, 5.74) is 2.59. The van der Waals surface area contributed by atoms with Crippen LogP contribution in [0.5, 0.6) is 0 Å². The van der Waals surface area contributed by atoms with Gasteiger partial charge in [-0.05, 0) is 29.7 Å². The Morgan fingerprint density at radius 2 is 1.83 bits per heavy atom. The number of hydrogen-bond donors (Lipinski definition) is 1. The Hall–Kier alpha value is -2.82. The van der Waals surface area contributed by atoms with Crippen LogP contribution in [0.25, 0.3) is 22.2 Å². The molecule has 0 atom stereocenters. The number of nitrogens with zero attached hydrogens (tertiary/aromatic N) is 1. The van der Waals surface area contributed by atoms with Gasteiger partial charge in [0.2, 0.25) is 5.56 Å². The maximum Gasteiger partial charge on any atom is 0.249 e. The number of nitrogens with one attached hydrogen (secondary N) is 1. The smallest absolute Gasteiger partial charge is 0.249 e. The van der Waals surface area contributed by atoms with Crippen molar-refractivity contribution in [3.05, 3.63) is 63.8 Å². The maximum absolute atomic E-state index is 13.2. The second-order valence-corrected chi connectivity index (χ2v) is 5.65. The van der Waals surface area contributed by atoms with E-state index in [0.717, 1.165) is 6.29 Å². The fourth-order valence-electron chi connectivity index (χ4n) is 2.69. The maximum atomic E-state index is 13.2. The van der Waals surface area contributed by atoms with Gasteiger partial charge in [0.15, 0.2) is 6.29 Å². The highest BCUT2D eigenvalue weighted by molar-refractivity contribution is 6.02. The van der Waals surface area contributed by atoms with Crippen LogP contribution in [0, 0.1) is 5.82 Å². The van der Waals surface area contributed by atoms with Crippen molar-refractivity contribution in [2.45, 2.75) is 19.8 Å². The highest BCUT2D eigenvalue weighted by Gasteiger charge is 2.18. The third-order valence-corrected chi connectivity index (χ3v) is 3.74. The molecular formula is C18H15FN2O2. The minimum Gasteiger partial charge on any atom is -0.307 e. The van der Waals surface area contributed by atoms with E-state index in [1.807, 2.05) is 13.8 Å². The first-order valence-corrected chi connectivity index (χ1v) is 7.29. The molecule has 0 amide bonds. The number of carbonyl (C=O) groups excluding carboxylic acids is 1. The number of aromatic nitrogens is 2. The number of aldehydes is 1. The number of pyridine rings is 2. The Bertz CT molecular complexity index is 944. The monoisotopic (exact) mass is 310 g/mol. The van der Waals surface area contributed by atoms with Gasteiger partial charge in [-0.15, -0.1) is 0 Å². The van der Waals surface area contributed by atoms with Crippen molar-refractivity contribution in [2.75, 3.05) is 0 Å². The summed E-state index contributed by atoms with van der Waals surface area (Å²) in [6, 6.07) is 8.95. The first kappa shape index (κ1) is 15.1. The van der Waals surface area contributed by atoms with E-state index in [9.17, 15) is 14.0 Å². The Labute approximate surface area is 132 Å². The van der Waals surface area contributed by atoms with E-state index in [1.54, 1.807) is 18.2 Å². The molecule has 1 aromatic carbocycles. The molecule has 0 aliphatic carbocycles. The van der Waals surface area contributed by atoms with E-state index < -0.39 is 0 Å². The van der Waals surface area contributed by atoms with Gasteiger partial charge in [0.1, 0.15) is 11.5 Å². The number of carbonyl (C=O) groups is 1. The molecule has 116 valence electrons. The van der Waals surface area contributed by atoms with Crippen molar-refractivity contribution < 1.29 is 9.18 Å². The van der Waals surface area contributed by atoms with Crippen molar-refractivity contribution >= 4 is 17.3 Å². The summed E-state index contributed by atoms with van der Waals surface area (Å²) in [6.07, 6.45) is 0.769. The Morgan fingerprint density at radius 1 is 1.13 bits per heavy atom. The second kappa shape index (κ2) is 5.76. The molecule has 2 heterocycles. The number of rotatable bonds is 3. The molecule has 3 aromatic rings. The number of hydrogen-bond acceptors (Lipinski definition) is 3. The van der Waals surface area contributed by atoms with Crippen molar-refractivity contribution in [3.63, 3.8) is 0 Å². The van der Waals surface area contributed by atoms with E-state index in [-0.39, 0.29) is 17.3 Å². The molecule has 0 unspecified atom stereocenters. The van der Waals surface area contributed by atoms with Gasteiger partial charge in [-0.3, -0.25) is 9.59 Å². The third-order valence-electron chi connectivity index (χ3n) is 3.74. The number of aromatic amines is 1. The van der Waals surface area contributed by atoms with Gasteiger partial charge in [-0.2, -0.15) is 0 Å². The molecule has 0 spiro atoms. The standard InChI is InChI=1S/C18H15FN2O2/c1-10(2)17-14(9-22)16(11-3-5-12(19)6-4-11)13-7-8-15(23)20-18(13)21-17/h3-10H,1-2H3,(H,20,21,23). The fraction of sp³-hybridized carbons (Fsp3) is 0.167. The molecular weight excluding hydrogens is 295 g/mol.